The Balaban J connectivity index is 2.14. The molecule has 0 spiro atoms. The van der Waals surface area contributed by atoms with Gasteiger partial charge in [-0.2, -0.15) is 0 Å². The summed E-state index contributed by atoms with van der Waals surface area (Å²) in [5.74, 6) is 0.974. The molecule has 19 heavy (non-hydrogen) atoms. The quantitative estimate of drug-likeness (QED) is 0.772. The van der Waals surface area contributed by atoms with E-state index in [1.807, 2.05) is 0 Å². The number of thiophene rings is 1. The minimum atomic E-state index is -0.586. The van der Waals surface area contributed by atoms with Crippen molar-refractivity contribution in [1.29, 1.82) is 0 Å². The van der Waals surface area contributed by atoms with Gasteiger partial charge < -0.3 is 9.64 Å². The molecule has 110 valence electrons. The summed E-state index contributed by atoms with van der Waals surface area (Å²) in [5.41, 5.74) is 0. The van der Waals surface area contributed by atoms with Gasteiger partial charge in [0.05, 0.1) is 0 Å². The third-order valence-electron chi connectivity index (χ3n) is 2.73. The number of hydrogen-bond donors (Lipinski definition) is 0. The van der Waals surface area contributed by atoms with Crippen LogP contribution < -0.4 is 0 Å². The second kappa shape index (κ2) is 7.80. The van der Waals surface area contributed by atoms with Gasteiger partial charge in [-0.15, -0.1) is 11.3 Å². The van der Waals surface area contributed by atoms with Crippen LogP contribution in [-0.4, -0.2) is 55.7 Å². The summed E-state index contributed by atoms with van der Waals surface area (Å²) in [7, 11) is 1.22. The zero-order valence-electron chi connectivity index (χ0n) is 12.3. The number of amides is 1. The molecule has 1 rings (SSSR count). The minimum absolute atomic E-state index is 0.199. The molecule has 1 amide bonds. The molecule has 1 aromatic rings. The van der Waals surface area contributed by atoms with Crippen LogP contribution in [0.2, 0.25) is 0 Å². The minimum Gasteiger partial charge on any atom is -0.449 e. The van der Waals surface area contributed by atoms with E-state index in [1.165, 1.54) is 4.88 Å². The fraction of sp³-hybridized carbons (Fsp3) is 0.643. The van der Waals surface area contributed by atoms with Crippen molar-refractivity contribution in [1.82, 2.24) is 4.90 Å². The Morgan fingerprint density at radius 1 is 1.42 bits per heavy atom. The smallest absolute Gasteiger partial charge is 0.409 e. The van der Waals surface area contributed by atoms with Gasteiger partial charge in [-0.05, 0) is 43.1 Å². The van der Waals surface area contributed by atoms with Crippen molar-refractivity contribution in [2.75, 3.05) is 44.7 Å². The average Bonchev–Trinajstić information content (AvgIpc) is 2.80. The van der Waals surface area contributed by atoms with Crippen LogP contribution >= 0.6 is 21.4 Å². The summed E-state index contributed by atoms with van der Waals surface area (Å²) in [5, 5.41) is 2.09. The predicted octanol–water partition coefficient (Wildman–Crippen LogP) is 3.44. The summed E-state index contributed by atoms with van der Waals surface area (Å²) in [6, 6.07) is 4.20. The molecule has 0 aliphatic heterocycles. The molecule has 0 saturated heterocycles. The second-order valence-corrected chi connectivity index (χ2v) is 11.1. The number of carbonyl (C=O) groups is 1. The summed E-state index contributed by atoms with van der Waals surface area (Å²) >= 11 is 1.77. The Bertz CT molecular complexity index is 371. The third-order valence-corrected chi connectivity index (χ3v) is 5.06. The highest BCUT2D eigenvalue weighted by atomic mass is 32.3. The van der Waals surface area contributed by atoms with Gasteiger partial charge in [-0.25, -0.2) is 14.8 Å². The van der Waals surface area contributed by atoms with E-state index >= 15 is 0 Å². The molecule has 3 nitrogen and oxygen atoms in total. The number of aryl methyl sites for hydroxylation is 1. The van der Waals surface area contributed by atoms with Crippen molar-refractivity contribution in [3.05, 3.63) is 22.4 Å². The van der Waals surface area contributed by atoms with Gasteiger partial charge in [0.25, 0.3) is 0 Å². The van der Waals surface area contributed by atoms with Gasteiger partial charge in [0.2, 0.25) is 0 Å². The number of nitrogens with zero attached hydrogens (tertiary/aromatic N) is 1. The van der Waals surface area contributed by atoms with E-state index < -0.39 is 10.0 Å². The monoisotopic (exact) mass is 303 g/mol. The maximum absolute atomic E-state index is 11.7. The molecule has 0 fully saturated rings. The maximum atomic E-state index is 11.7. The molecule has 1 heterocycles. The third kappa shape index (κ3) is 7.47. The standard InChI is InChI=1S/C14H25NO2S2/c1-15(9-5-7-13-8-6-11-18-13)14(16)17-10-12-19(2,3)4/h6,8,11H,5,7,9-10,12H2,1-4H3. The lowest BCUT2D eigenvalue weighted by Crippen LogP contribution is -2.29. The van der Waals surface area contributed by atoms with Crippen molar-refractivity contribution in [2.45, 2.75) is 12.8 Å². The fourth-order valence-electron chi connectivity index (χ4n) is 1.53. The number of hydrogen-bond acceptors (Lipinski definition) is 3. The van der Waals surface area contributed by atoms with E-state index in [0.717, 1.165) is 25.1 Å². The number of rotatable bonds is 7. The number of carbonyl (C=O) groups excluding carboxylic acids is 1. The van der Waals surface area contributed by atoms with Crippen molar-refractivity contribution in [3.63, 3.8) is 0 Å². The van der Waals surface area contributed by atoms with Gasteiger partial charge in [0.1, 0.15) is 6.61 Å². The molecule has 0 atom stereocenters. The molecule has 0 aromatic carbocycles. The zero-order valence-corrected chi connectivity index (χ0v) is 14.0. The molecular formula is C14H25NO2S2. The molecule has 0 radical (unpaired) electrons. The Labute approximate surface area is 122 Å². The van der Waals surface area contributed by atoms with Crippen LogP contribution in [0.3, 0.4) is 0 Å². The Morgan fingerprint density at radius 3 is 2.74 bits per heavy atom. The van der Waals surface area contributed by atoms with Gasteiger partial charge in [-0.3, -0.25) is 0 Å². The van der Waals surface area contributed by atoms with Crippen LogP contribution in [0, 0.1) is 0 Å². The molecular weight excluding hydrogens is 278 g/mol. The second-order valence-electron chi connectivity index (χ2n) is 5.51. The lowest BCUT2D eigenvalue weighted by Gasteiger charge is -2.25. The first kappa shape index (κ1) is 16.4. The van der Waals surface area contributed by atoms with Gasteiger partial charge in [-0.1, -0.05) is 6.07 Å². The highest BCUT2D eigenvalue weighted by molar-refractivity contribution is 8.32. The van der Waals surface area contributed by atoms with Crippen molar-refractivity contribution < 1.29 is 9.53 Å². The van der Waals surface area contributed by atoms with Crippen LogP contribution in [0.1, 0.15) is 11.3 Å². The molecule has 1 aromatic heterocycles. The van der Waals surface area contributed by atoms with Crippen molar-refractivity contribution >= 4 is 27.5 Å². The van der Waals surface area contributed by atoms with E-state index in [0.29, 0.717) is 6.61 Å². The average molecular weight is 303 g/mol. The molecule has 0 unspecified atom stereocenters. The molecule has 0 N–H and O–H groups in total. The first-order valence-corrected chi connectivity index (χ1v) is 10.4. The van der Waals surface area contributed by atoms with E-state index in [-0.39, 0.29) is 6.09 Å². The molecule has 0 aliphatic rings. The highest BCUT2D eigenvalue weighted by Crippen LogP contribution is 2.33. The molecule has 5 heteroatoms. The lowest BCUT2D eigenvalue weighted by atomic mass is 10.2. The van der Waals surface area contributed by atoms with E-state index in [4.69, 9.17) is 4.74 Å². The lowest BCUT2D eigenvalue weighted by molar-refractivity contribution is 0.116. The van der Waals surface area contributed by atoms with Crippen LogP contribution in [-0.2, 0) is 11.2 Å². The van der Waals surface area contributed by atoms with Crippen LogP contribution in [0.5, 0.6) is 0 Å². The summed E-state index contributed by atoms with van der Waals surface area (Å²) in [6.07, 6.45) is 8.50. The Kier molecular flexibility index (Phi) is 6.72. The Morgan fingerprint density at radius 2 is 2.16 bits per heavy atom. The van der Waals surface area contributed by atoms with Crippen molar-refractivity contribution in [2.24, 2.45) is 0 Å². The first-order chi connectivity index (χ1) is 8.88. The summed E-state index contributed by atoms with van der Waals surface area (Å²) < 4.78 is 5.28. The largest absolute Gasteiger partial charge is 0.449 e. The Hall–Kier alpha value is -0.680. The van der Waals surface area contributed by atoms with E-state index in [9.17, 15) is 4.79 Å². The predicted molar refractivity (Wildman–Crippen MR) is 86.8 cm³/mol. The highest BCUT2D eigenvalue weighted by Gasteiger charge is 2.11. The fourth-order valence-corrected chi connectivity index (χ4v) is 2.86. The summed E-state index contributed by atoms with van der Waals surface area (Å²) in [4.78, 5) is 14.8. The van der Waals surface area contributed by atoms with E-state index in [2.05, 4.69) is 36.3 Å². The van der Waals surface area contributed by atoms with Crippen LogP contribution in [0.4, 0.5) is 4.79 Å². The van der Waals surface area contributed by atoms with Gasteiger partial charge in [0, 0.05) is 24.2 Å². The van der Waals surface area contributed by atoms with E-state index in [1.54, 1.807) is 23.3 Å². The van der Waals surface area contributed by atoms with Gasteiger partial charge in [0.15, 0.2) is 0 Å². The number of ether oxygens (including phenoxy) is 1. The molecule has 0 aliphatic carbocycles. The first-order valence-electron chi connectivity index (χ1n) is 6.45. The van der Waals surface area contributed by atoms with Crippen molar-refractivity contribution in [3.8, 4) is 0 Å². The zero-order chi connectivity index (χ0) is 14.3. The molecule has 0 saturated carbocycles. The van der Waals surface area contributed by atoms with Gasteiger partial charge >= 0.3 is 6.09 Å². The topological polar surface area (TPSA) is 29.5 Å². The normalized spacial score (nSPS) is 12.2. The molecule has 0 bridgehead atoms. The SMILES string of the molecule is CN(CCCc1cccs1)C(=O)OCCS(C)(C)C. The van der Waals surface area contributed by atoms with Crippen LogP contribution in [0.25, 0.3) is 0 Å². The van der Waals surface area contributed by atoms with Crippen LogP contribution in [0.15, 0.2) is 17.5 Å². The summed E-state index contributed by atoms with van der Waals surface area (Å²) in [6.45, 7) is 1.28. The maximum Gasteiger partial charge on any atom is 0.409 e.